The molecule has 1 fully saturated rings. The Bertz CT molecular complexity index is 740. The molecule has 0 aromatic heterocycles. The van der Waals surface area contributed by atoms with Crippen molar-refractivity contribution in [3.63, 3.8) is 0 Å². The molecule has 2 heterocycles. The summed E-state index contributed by atoms with van der Waals surface area (Å²) in [5, 5.41) is 6.10. The van der Waals surface area contributed by atoms with Crippen LogP contribution in [0.25, 0.3) is 0 Å². The summed E-state index contributed by atoms with van der Waals surface area (Å²) in [6, 6.07) is 8.16. The molecule has 0 aliphatic carbocycles. The van der Waals surface area contributed by atoms with Crippen LogP contribution in [0.5, 0.6) is 0 Å². The maximum Gasteiger partial charge on any atom is 0.227 e. The Balaban J connectivity index is 1.38. The van der Waals surface area contributed by atoms with Gasteiger partial charge in [-0.25, -0.2) is 0 Å². The first kappa shape index (κ1) is 21.1. The summed E-state index contributed by atoms with van der Waals surface area (Å²) < 4.78 is 0. The first-order valence-corrected chi connectivity index (χ1v) is 10.7. The van der Waals surface area contributed by atoms with Crippen LogP contribution >= 0.6 is 0 Å². The topological polar surface area (TPSA) is 77.0 Å². The van der Waals surface area contributed by atoms with Gasteiger partial charge in [0.15, 0.2) is 5.96 Å². The Morgan fingerprint density at radius 1 is 1.17 bits per heavy atom. The number of benzene rings is 1. The molecule has 7 heteroatoms. The summed E-state index contributed by atoms with van der Waals surface area (Å²) in [6.07, 6.45) is 4.87. The SMILES string of the molecule is CN=C(NCCCC(=O)N1CCc2ccccc21)N1CCC(CC(=O)NC)CC1. The molecule has 0 spiro atoms. The largest absolute Gasteiger partial charge is 0.359 e. The maximum absolute atomic E-state index is 12.6. The van der Waals surface area contributed by atoms with E-state index in [9.17, 15) is 9.59 Å². The number of aliphatic imine (C=N–C) groups is 1. The van der Waals surface area contributed by atoms with E-state index in [4.69, 9.17) is 0 Å². The van der Waals surface area contributed by atoms with E-state index in [1.165, 1.54) is 5.56 Å². The predicted molar refractivity (Wildman–Crippen MR) is 116 cm³/mol. The van der Waals surface area contributed by atoms with Crippen LogP contribution in [0.15, 0.2) is 29.3 Å². The molecule has 7 nitrogen and oxygen atoms in total. The lowest BCUT2D eigenvalue weighted by molar-refractivity contribution is -0.122. The van der Waals surface area contributed by atoms with E-state index in [2.05, 4.69) is 26.6 Å². The number of guanidine groups is 1. The molecule has 2 aliphatic heterocycles. The van der Waals surface area contributed by atoms with E-state index < -0.39 is 0 Å². The highest BCUT2D eigenvalue weighted by Gasteiger charge is 2.24. The van der Waals surface area contributed by atoms with Gasteiger partial charge in [0, 0.05) is 58.8 Å². The van der Waals surface area contributed by atoms with Crippen molar-refractivity contribution in [1.82, 2.24) is 15.5 Å². The van der Waals surface area contributed by atoms with Crippen molar-refractivity contribution in [3.05, 3.63) is 29.8 Å². The Kier molecular flexibility index (Phi) is 7.49. The van der Waals surface area contributed by atoms with Crippen molar-refractivity contribution in [2.45, 2.75) is 38.5 Å². The highest BCUT2D eigenvalue weighted by atomic mass is 16.2. The first-order valence-electron chi connectivity index (χ1n) is 10.7. The second-order valence-electron chi connectivity index (χ2n) is 7.81. The van der Waals surface area contributed by atoms with Gasteiger partial charge in [-0.1, -0.05) is 18.2 Å². The number of nitrogens with one attached hydrogen (secondary N) is 2. The average molecular weight is 400 g/mol. The fourth-order valence-corrected chi connectivity index (χ4v) is 4.22. The molecule has 0 radical (unpaired) electrons. The smallest absolute Gasteiger partial charge is 0.227 e. The van der Waals surface area contributed by atoms with E-state index in [0.717, 1.165) is 63.5 Å². The number of nitrogens with zero attached hydrogens (tertiary/aromatic N) is 3. The van der Waals surface area contributed by atoms with Gasteiger partial charge >= 0.3 is 0 Å². The van der Waals surface area contributed by atoms with Gasteiger partial charge in [0.25, 0.3) is 0 Å². The van der Waals surface area contributed by atoms with E-state index in [1.54, 1.807) is 14.1 Å². The molecule has 1 aromatic carbocycles. The molecular formula is C22H33N5O2. The molecule has 0 saturated carbocycles. The minimum absolute atomic E-state index is 0.122. The van der Waals surface area contributed by atoms with Crippen LogP contribution in [-0.2, 0) is 16.0 Å². The zero-order valence-electron chi connectivity index (χ0n) is 17.6. The summed E-state index contributed by atoms with van der Waals surface area (Å²) >= 11 is 0. The maximum atomic E-state index is 12.6. The van der Waals surface area contributed by atoms with E-state index in [0.29, 0.717) is 18.8 Å². The third-order valence-electron chi connectivity index (χ3n) is 5.92. The minimum atomic E-state index is 0.122. The normalized spacial score (nSPS) is 17.2. The second-order valence-corrected chi connectivity index (χ2v) is 7.81. The molecule has 29 heavy (non-hydrogen) atoms. The van der Waals surface area contributed by atoms with Crippen molar-refractivity contribution in [1.29, 1.82) is 0 Å². The van der Waals surface area contributed by atoms with Gasteiger partial charge in [0.05, 0.1) is 0 Å². The Morgan fingerprint density at radius 2 is 1.93 bits per heavy atom. The predicted octanol–water partition coefficient (Wildman–Crippen LogP) is 1.78. The van der Waals surface area contributed by atoms with Crippen molar-refractivity contribution >= 4 is 23.5 Å². The monoisotopic (exact) mass is 399 g/mol. The van der Waals surface area contributed by atoms with Crippen LogP contribution in [0, 0.1) is 5.92 Å². The zero-order valence-corrected chi connectivity index (χ0v) is 17.6. The third kappa shape index (κ3) is 5.49. The van der Waals surface area contributed by atoms with Gasteiger partial charge in [0.1, 0.15) is 0 Å². The Morgan fingerprint density at radius 3 is 2.66 bits per heavy atom. The Labute approximate surface area is 173 Å². The van der Waals surface area contributed by atoms with Gasteiger partial charge < -0.3 is 20.4 Å². The summed E-state index contributed by atoms with van der Waals surface area (Å²) in [6.45, 7) is 3.33. The minimum Gasteiger partial charge on any atom is -0.359 e. The summed E-state index contributed by atoms with van der Waals surface area (Å²) in [4.78, 5) is 32.7. The van der Waals surface area contributed by atoms with E-state index in [1.807, 2.05) is 23.1 Å². The second kappa shape index (κ2) is 10.3. The summed E-state index contributed by atoms with van der Waals surface area (Å²) in [7, 11) is 3.49. The number of para-hydroxylation sites is 1. The fraction of sp³-hybridized carbons (Fsp3) is 0.591. The average Bonchev–Trinajstić information content (AvgIpc) is 3.18. The first-order chi connectivity index (χ1) is 14.1. The number of hydrogen-bond acceptors (Lipinski definition) is 3. The number of piperidine rings is 1. The van der Waals surface area contributed by atoms with Crippen LogP contribution < -0.4 is 15.5 Å². The number of amides is 2. The number of carbonyl (C=O) groups is 2. The molecule has 158 valence electrons. The molecule has 1 saturated heterocycles. The van der Waals surface area contributed by atoms with Crippen molar-refractivity contribution < 1.29 is 9.59 Å². The van der Waals surface area contributed by atoms with E-state index >= 15 is 0 Å². The Hall–Kier alpha value is -2.57. The van der Waals surface area contributed by atoms with Crippen LogP contribution in [0.2, 0.25) is 0 Å². The van der Waals surface area contributed by atoms with E-state index in [-0.39, 0.29) is 11.8 Å². The van der Waals surface area contributed by atoms with Gasteiger partial charge in [0.2, 0.25) is 11.8 Å². The molecule has 1 aromatic rings. The van der Waals surface area contributed by atoms with Crippen LogP contribution in [0.3, 0.4) is 0 Å². The number of carbonyl (C=O) groups excluding carboxylic acids is 2. The van der Waals surface area contributed by atoms with Crippen molar-refractivity contribution in [2.24, 2.45) is 10.9 Å². The van der Waals surface area contributed by atoms with Crippen LogP contribution in [-0.4, -0.2) is 62.9 Å². The third-order valence-corrected chi connectivity index (χ3v) is 5.92. The van der Waals surface area contributed by atoms with Gasteiger partial charge in [-0.2, -0.15) is 0 Å². The number of likely N-dealkylation sites (tertiary alicyclic amines) is 1. The quantitative estimate of drug-likeness (QED) is 0.434. The fourth-order valence-electron chi connectivity index (χ4n) is 4.22. The van der Waals surface area contributed by atoms with Gasteiger partial charge in [-0.05, 0) is 43.2 Å². The molecule has 0 bridgehead atoms. The summed E-state index contributed by atoms with van der Waals surface area (Å²) in [5.41, 5.74) is 2.33. The zero-order chi connectivity index (χ0) is 20.6. The molecule has 2 N–H and O–H groups in total. The number of rotatable bonds is 6. The van der Waals surface area contributed by atoms with Crippen LogP contribution in [0.1, 0.15) is 37.7 Å². The lowest BCUT2D eigenvalue weighted by Gasteiger charge is -2.34. The lowest BCUT2D eigenvalue weighted by Crippen LogP contribution is -2.46. The number of hydrogen-bond donors (Lipinski definition) is 2. The van der Waals surface area contributed by atoms with Gasteiger partial charge in [-0.15, -0.1) is 0 Å². The molecular weight excluding hydrogens is 366 g/mol. The van der Waals surface area contributed by atoms with Crippen molar-refractivity contribution in [3.8, 4) is 0 Å². The standard InChI is InChI=1S/C22H33N5O2/c1-23-20(28)16-17-9-13-26(14-10-17)22(24-2)25-12-5-8-21(29)27-15-11-18-6-3-4-7-19(18)27/h3-4,6-7,17H,5,8-16H2,1-2H3,(H,23,28)(H,24,25). The number of anilines is 1. The number of fused-ring (bicyclic) bond motifs is 1. The molecule has 0 unspecified atom stereocenters. The molecule has 2 aliphatic rings. The van der Waals surface area contributed by atoms with Crippen molar-refractivity contribution in [2.75, 3.05) is 45.2 Å². The molecule has 0 atom stereocenters. The molecule has 3 rings (SSSR count). The summed E-state index contributed by atoms with van der Waals surface area (Å²) in [5.74, 6) is 1.66. The van der Waals surface area contributed by atoms with Crippen LogP contribution in [0.4, 0.5) is 5.69 Å². The lowest BCUT2D eigenvalue weighted by atomic mass is 9.93. The molecule has 2 amide bonds. The highest BCUT2D eigenvalue weighted by Crippen LogP contribution is 2.28. The highest BCUT2D eigenvalue weighted by molar-refractivity contribution is 5.95. The van der Waals surface area contributed by atoms with Gasteiger partial charge in [-0.3, -0.25) is 14.6 Å².